The average molecular weight is 284 g/mol. The molecule has 1 saturated heterocycles. The van der Waals surface area contributed by atoms with E-state index in [2.05, 4.69) is 24.1 Å². The van der Waals surface area contributed by atoms with Gasteiger partial charge in [-0.05, 0) is 19.5 Å². The second kappa shape index (κ2) is 6.89. The minimum atomic E-state index is -0.431. The first-order valence-electron chi connectivity index (χ1n) is 6.39. The maximum Gasteiger partial charge on any atom is 0.239 e. The molecule has 1 unspecified atom stereocenters. The molecule has 1 aliphatic heterocycles. The van der Waals surface area contributed by atoms with E-state index in [1.807, 2.05) is 23.1 Å². The Kier molecular flexibility index (Phi) is 5.79. The number of nitrogens with two attached hydrogens (primary N) is 1. The molecule has 0 saturated carbocycles. The highest BCUT2D eigenvalue weighted by atomic mass is 35.5. The molecular weight excluding hydrogens is 262 g/mol. The van der Waals surface area contributed by atoms with Crippen molar-refractivity contribution >= 4 is 18.3 Å². The van der Waals surface area contributed by atoms with Gasteiger partial charge in [0.1, 0.15) is 0 Å². The molecule has 2 rings (SSSR count). The van der Waals surface area contributed by atoms with Crippen molar-refractivity contribution in [3.63, 3.8) is 0 Å². The fourth-order valence-corrected chi connectivity index (χ4v) is 2.41. The van der Waals surface area contributed by atoms with Crippen molar-refractivity contribution in [3.05, 3.63) is 35.9 Å². The summed E-state index contributed by atoms with van der Waals surface area (Å²) in [5, 5.41) is 0. The fourth-order valence-electron chi connectivity index (χ4n) is 2.41. The number of rotatable bonds is 2. The smallest absolute Gasteiger partial charge is 0.239 e. The lowest BCUT2D eigenvalue weighted by molar-refractivity contribution is -0.137. The maximum absolute atomic E-state index is 12.2. The van der Waals surface area contributed by atoms with Gasteiger partial charge < -0.3 is 15.5 Å². The molecule has 19 heavy (non-hydrogen) atoms. The first kappa shape index (κ1) is 16.0. The lowest BCUT2D eigenvalue weighted by Gasteiger charge is -2.41. The average Bonchev–Trinajstić information content (AvgIpc) is 2.39. The molecule has 4 nitrogen and oxygen atoms in total. The Morgan fingerprint density at radius 1 is 1.32 bits per heavy atom. The van der Waals surface area contributed by atoms with Crippen molar-refractivity contribution in [2.24, 2.45) is 5.73 Å². The minimum Gasteiger partial charge on any atom is -0.332 e. The summed E-state index contributed by atoms with van der Waals surface area (Å²) in [6.45, 7) is 4.27. The van der Waals surface area contributed by atoms with Gasteiger partial charge in [-0.3, -0.25) is 4.79 Å². The lowest BCUT2D eigenvalue weighted by atomic mass is 10.0. The van der Waals surface area contributed by atoms with E-state index in [4.69, 9.17) is 5.73 Å². The lowest BCUT2D eigenvalue weighted by Crippen LogP contribution is -2.53. The van der Waals surface area contributed by atoms with Crippen molar-refractivity contribution in [1.82, 2.24) is 9.80 Å². The Labute approximate surface area is 121 Å². The van der Waals surface area contributed by atoms with Crippen LogP contribution in [0.25, 0.3) is 0 Å². The van der Waals surface area contributed by atoms with Crippen molar-refractivity contribution in [2.75, 3.05) is 26.7 Å². The van der Waals surface area contributed by atoms with Crippen molar-refractivity contribution in [2.45, 2.75) is 19.0 Å². The monoisotopic (exact) mass is 283 g/mol. The van der Waals surface area contributed by atoms with Gasteiger partial charge in [-0.15, -0.1) is 12.4 Å². The van der Waals surface area contributed by atoms with Gasteiger partial charge in [-0.25, -0.2) is 0 Å². The van der Waals surface area contributed by atoms with E-state index in [0.717, 1.165) is 19.6 Å². The summed E-state index contributed by atoms with van der Waals surface area (Å²) < 4.78 is 0. The highest BCUT2D eigenvalue weighted by molar-refractivity contribution is 5.85. The molecular formula is C14H22ClN3O. The second-order valence-corrected chi connectivity index (χ2v) is 5.01. The Bertz CT molecular complexity index is 410. The summed E-state index contributed by atoms with van der Waals surface area (Å²) in [4.78, 5) is 16.3. The number of carbonyl (C=O) groups excluding carboxylic acids is 1. The summed E-state index contributed by atoms with van der Waals surface area (Å²) >= 11 is 0. The van der Waals surface area contributed by atoms with Gasteiger partial charge >= 0.3 is 0 Å². The molecule has 5 heteroatoms. The highest BCUT2D eigenvalue weighted by Crippen LogP contribution is 2.25. The number of likely N-dealkylation sites (N-methyl/N-ethyl adjacent to an activating group) is 1. The minimum absolute atomic E-state index is 0. The van der Waals surface area contributed by atoms with E-state index in [9.17, 15) is 4.79 Å². The first-order chi connectivity index (χ1) is 8.59. The number of hydrogen-bond acceptors (Lipinski definition) is 3. The molecule has 1 heterocycles. The third kappa shape index (κ3) is 3.69. The third-order valence-corrected chi connectivity index (χ3v) is 3.44. The van der Waals surface area contributed by atoms with Gasteiger partial charge in [-0.1, -0.05) is 30.3 Å². The third-order valence-electron chi connectivity index (χ3n) is 3.44. The predicted molar refractivity (Wildman–Crippen MR) is 79.3 cm³/mol. The van der Waals surface area contributed by atoms with Gasteiger partial charge in [0.2, 0.25) is 5.91 Å². The van der Waals surface area contributed by atoms with Gasteiger partial charge in [0.15, 0.2) is 0 Å². The molecule has 1 fully saturated rings. The van der Waals surface area contributed by atoms with Crippen LogP contribution < -0.4 is 5.73 Å². The predicted octanol–water partition coefficient (Wildman–Crippen LogP) is 1.27. The molecule has 0 bridgehead atoms. The first-order valence-corrected chi connectivity index (χ1v) is 6.39. The van der Waals surface area contributed by atoms with E-state index < -0.39 is 6.04 Å². The van der Waals surface area contributed by atoms with Crippen molar-refractivity contribution in [3.8, 4) is 0 Å². The molecule has 1 aromatic rings. The van der Waals surface area contributed by atoms with Crippen LogP contribution in [0, 0.1) is 0 Å². The maximum atomic E-state index is 12.2. The van der Waals surface area contributed by atoms with E-state index in [-0.39, 0.29) is 24.4 Å². The quantitative estimate of drug-likeness (QED) is 0.889. The Hall–Kier alpha value is -1.10. The Morgan fingerprint density at radius 3 is 2.53 bits per heavy atom. The van der Waals surface area contributed by atoms with Crippen molar-refractivity contribution < 1.29 is 4.79 Å². The van der Waals surface area contributed by atoms with Gasteiger partial charge in [0, 0.05) is 19.6 Å². The molecule has 106 valence electrons. The van der Waals surface area contributed by atoms with Gasteiger partial charge in [-0.2, -0.15) is 0 Å². The number of nitrogens with zero attached hydrogens (tertiary/aromatic N) is 2. The van der Waals surface area contributed by atoms with Crippen LogP contribution in [0.15, 0.2) is 30.3 Å². The molecule has 1 amide bonds. The molecule has 2 N–H and O–H groups in total. The highest BCUT2D eigenvalue weighted by Gasteiger charge is 2.31. The topological polar surface area (TPSA) is 49.6 Å². The second-order valence-electron chi connectivity index (χ2n) is 5.01. The largest absolute Gasteiger partial charge is 0.332 e. The number of halogens is 1. The molecule has 0 spiro atoms. The molecule has 0 aromatic heterocycles. The van der Waals surface area contributed by atoms with Crippen LogP contribution in [0.3, 0.4) is 0 Å². The number of benzene rings is 1. The number of carbonyl (C=O) groups is 1. The Balaban J connectivity index is 0.00000180. The zero-order valence-corrected chi connectivity index (χ0v) is 12.3. The summed E-state index contributed by atoms with van der Waals surface area (Å²) in [5.41, 5.74) is 6.92. The zero-order valence-electron chi connectivity index (χ0n) is 11.5. The van der Waals surface area contributed by atoms with Crippen LogP contribution in [0.5, 0.6) is 0 Å². The number of hydrogen-bond donors (Lipinski definition) is 1. The molecule has 1 aromatic carbocycles. The fraction of sp³-hybridized carbons (Fsp3) is 0.500. The normalized spacial score (nSPS) is 21.6. The molecule has 0 aliphatic carbocycles. The molecule has 0 radical (unpaired) electrons. The number of amides is 1. The van der Waals surface area contributed by atoms with Crippen LogP contribution in [0.2, 0.25) is 0 Å². The van der Waals surface area contributed by atoms with E-state index in [1.165, 1.54) is 5.56 Å². The SMILES string of the molecule is C[C@H](N)C(=O)N1CCN(C)CC1c1ccccc1.Cl. The van der Waals surface area contributed by atoms with E-state index in [0.29, 0.717) is 0 Å². The van der Waals surface area contributed by atoms with Crippen LogP contribution >= 0.6 is 12.4 Å². The molecule has 1 aliphatic rings. The number of piperazine rings is 1. The van der Waals surface area contributed by atoms with Crippen LogP contribution in [0.4, 0.5) is 0 Å². The van der Waals surface area contributed by atoms with Crippen LogP contribution in [0.1, 0.15) is 18.5 Å². The summed E-state index contributed by atoms with van der Waals surface area (Å²) in [7, 11) is 2.09. The standard InChI is InChI=1S/C14H21N3O.ClH/c1-11(15)14(18)17-9-8-16(2)10-13(17)12-6-4-3-5-7-12;/h3-7,11,13H,8-10,15H2,1-2H3;1H/t11-,13?;/m0./s1. The van der Waals surface area contributed by atoms with Crippen LogP contribution in [-0.2, 0) is 4.79 Å². The summed E-state index contributed by atoms with van der Waals surface area (Å²) in [5.74, 6) is 0.0388. The van der Waals surface area contributed by atoms with E-state index in [1.54, 1.807) is 6.92 Å². The van der Waals surface area contributed by atoms with E-state index >= 15 is 0 Å². The van der Waals surface area contributed by atoms with Crippen molar-refractivity contribution in [1.29, 1.82) is 0 Å². The summed E-state index contributed by atoms with van der Waals surface area (Å²) in [6, 6.07) is 9.85. The van der Waals surface area contributed by atoms with Gasteiger partial charge in [0.05, 0.1) is 12.1 Å². The van der Waals surface area contributed by atoms with Gasteiger partial charge in [0.25, 0.3) is 0 Å². The summed E-state index contributed by atoms with van der Waals surface area (Å²) in [6.07, 6.45) is 0. The molecule has 2 atom stereocenters. The zero-order chi connectivity index (χ0) is 13.1. The van der Waals surface area contributed by atoms with Crippen LogP contribution in [-0.4, -0.2) is 48.4 Å². The Morgan fingerprint density at radius 2 is 1.95 bits per heavy atom.